The van der Waals surface area contributed by atoms with Gasteiger partial charge in [-0.1, -0.05) is 18.2 Å². The zero-order valence-corrected chi connectivity index (χ0v) is 13.0. The molecule has 3 rings (SSSR count). The molecule has 2 heterocycles. The van der Waals surface area contributed by atoms with E-state index >= 15 is 0 Å². The van der Waals surface area contributed by atoms with Crippen LogP contribution in [0.3, 0.4) is 0 Å². The van der Waals surface area contributed by atoms with Crippen LogP contribution >= 0.6 is 11.8 Å². The molecule has 0 aliphatic carbocycles. The number of amides is 1. The Morgan fingerprint density at radius 1 is 1.33 bits per heavy atom. The van der Waals surface area contributed by atoms with Crippen molar-refractivity contribution in [3.05, 3.63) is 29.8 Å². The number of piperidine rings is 1. The molecular weight excluding hydrogens is 284 g/mol. The molecule has 1 unspecified atom stereocenters. The van der Waals surface area contributed by atoms with Crippen LogP contribution in [0.2, 0.25) is 0 Å². The van der Waals surface area contributed by atoms with Crippen LogP contribution in [0.5, 0.6) is 0 Å². The Bertz CT molecular complexity index is 489. The number of nitrogens with one attached hydrogen (secondary N) is 2. The molecule has 21 heavy (non-hydrogen) atoms. The Balaban J connectivity index is 1.41. The van der Waals surface area contributed by atoms with E-state index in [1.807, 2.05) is 12.1 Å². The first-order valence-electron chi connectivity index (χ1n) is 7.66. The van der Waals surface area contributed by atoms with Crippen LogP contribution in [-0.4, -0.2) is 44.0 Å². The number of carbonyl (C=O) groups excluding carboxylic acids is 1. The first-order chi connectivity index (χ1) is 10.3. The molecule has 0 bridgehead atoms. The largest absolute Gasteiger partial charge is 0.376 e. The van der Waals surface area contributed by atoms with Crippen molar-refractivity contribution >= 4 is 17.7 Å². The van der Waals surface area contributed by atoms with E-state index in [0.717, 1.165) is 31.7 Å². The van der Waals surface area contributed by atoms with Crippen LogP contribution in [0.4, 0.5) is 0 Å². The van der Waals surface area contributed by atoms with Gasteiger partial charge in [-0.15, -0.1) is 11.8 Å². The van der Waals surface area contributed by atoms with E-state index in [-0.39, 0.29) is 11.8 Å². The van der Waals surface area contributed by atoms with Gasteiger partial charge in [0.1, 0.15) is 0 Å². The Labute approximate surface area is 130 Å². The minimum absolute atomic E-state index is 0.00918. The average molecular weight is 306 g/mol. The molecule has 0 spiro atoms. The summed E-state index contributed by atoms with van der Waals surface area (Å²) < 4.78 is 5.81. The van der Waals surface area contributed by atoms with Crippen LogP contribution in [0.15, 0.2) is 29.2 Å². The normalized spacial score (nSPS) is 22.0. The highest BCUT2D eigenvalue weighted by Crippen LogP contribution is 2.39. The second-order valence-corrected chi connectivity index (χ2v) is 6.57. The molecule has 1 aromatic rings. The van der Waals surface area contributed by atoms with Crippen molar-refractivity contribution in [1.29, 1.82) is 0 Å². The predicted octanol–water partition coefficient (Wildman–Crippen LogP) is 1.76. The SMILES string of the molecule is O=C(NCCOC1CCNCC1)C1CSc2ccccc21. The summed E-state index contributed by atoms with van der Waals surface area (Å²) in [6.45, 7) is 3.28. The summed E-state index contributed by atoms with van der Waals surface area (Å²) in [4.78, 5) is 13.5. The molecule has 4 nitrogen and oxygen atoms in total. The minimum Gasteiger partial charge on any atom is -0.376 e. The summed E-state index contributed by atoms with van der Waals surface area (Å²) >= 11 is 1.77. The number of ether oxygens (including phenoxy) is 1. The first-order valence-corrected chi connectivity index (χ1v) is 8.65. The first kappa shape index (κ1) is 14.9. The summed E-state index contributed by atoms with van der Waals surface area (Å²) in [5.74, 6) is 0.965. The smallest absolute Gasteiger partial charge is 0.228 e. The third kappa shape index (κ3) is 3.78. The molecular formula is C16H22N2O2S. The van der Waals surface area contributed by atoms with E-state index in [9.17, 15) is 4.79 Å². The second kappa shape index (κ2) is 7.29. The molecule has 1 aromatic carbocycles. The van der Waals surface area contributed by atoms with Gasteiger partial charge in [0.2, 0.25) is 5.91 Å². The summed E-state index contributed by atoms with van der Waals surface area (Å²) in [5.41, 5.74) is 1.17. The van der Waals surface area contributed by atoms with Gasteiger partial charge in [0.25, 0.3) is 0 Å². The maximum Gasteiger partial charge on any atom is 0.228 e. The van der Waals surface area contributed by atoms with Crippen LogP contribution in [0, 0.1) is 0 Å². The van der Waals surface area contributed by atoms with Crippen molar-refractivity contribution in [3.8, 4) is 0 Å². The summed E-state index contributed by atoms with van der Waals surface area (Å²) in [6, 6.07) is 8.18. The van der Waals surface area contributed by atoms with Gasteiger partial charge in [-0.25, -0.2) is 0 Å². The summed E-state index contributed by atoms with van der Waals surface area (Å²) in [6.07, 6.45) is 2.49. The van der Waals surface area contributed by atoms with E-state index in [1.54, 1.807) is 11.8 Å². The van der Waals surface area contributed by atoms with Crippen molar-refractivity contribution < 1.29 is 9.53 Å². The zero-order valence-electron chi connectivity index (χ0n) is 12.1. The highest BCUT2D eigenvalue weighted by molar-refractivity contribution is 7.99. The number of benzene rings is 1. The Kier molecular flexibility index (Phi) is 5.17. The van der Waals surface area contributed by atoms with E-state index in [0.29, 0.717) is 19.3 Å². The van der Waals surface area contributed by atoms with E-state index in [4.69, 9.17) is 4.74 Å². The molecule has 0 aromatic heterocycles. The van der Waals surface area contributed by atoms with Gasteiger partial charge < -0.3 is 15.4 Å². The monoisotopic (exact) mass is 306 g/mol. The number of hydrogen-bond donors (Lipinski definition) is 2. The van der Waals surface area contributed by atoms with Crippen LogP contribution in [0.25, 0.3) is 0 Å². The lowest BCUT2D eigenvalue weighted by atomic mass is 10.0. The third-order valence-electron chi connectivity index (χ3n) is 4.06. The quantitative estimate of drug-likeness (QED) is 0.814. The van der Waals surface area contributed by atoms with Crippen LogP contribution < -0.4 is 10.6 Å². The lowest BCUT2D eigenvalue weighted by Crippen LogP contribution is -2.36. The van der Waals surface area contributed by atoms with Gasteiger partial charge in [0.05, 0.1) is 18.6 Å². The summed E-state index contributed by atoms with van der Waals surface area (Å²) in [7, 11) is 0. The number of fused-ring (bicyclic) bond motifs is 1. The maximum absolute atomic E-state index is 12.3. The molecule has 1 fully saturated rings. The highest BCUT2D eigenvalue weighted by atomic mass is 32.2. The van der Waals surface area contributed by atoms with Crippen molar-refractivity contribution in [2.24, 2.45) is 0 Å². The molecule has 1 saturated heterocycles. The van der Waals surface area contributed by atoms with Crippen molar-refractivity contribution in [2.75, 3.05) is 32.0 Å². The third-order valence-corrected chi connectivity index (χ3v) is 5.24. The van der Waals surface area contributed by atoms with E-state index < -0.39 is 0 Å². The van der Waals surface area contributed by atoms with E-state index in [1.165, 1.54) is 10.5 Å². The van der Waals surface area contributed by atoms with Gasteiger partial charge in [0, 0.05) is 17.2 Å². The molecule has 1 atom stereocenters. The van der Waals surface area contributed by atoms with Crippen LogP contribution in [-0.2, 0) is 9.53 Å². The predicted molar refractivity (Wildman–Crippen MR) is 84.8 cm³/mol. The fourth-order valence-electron chi connectivity index (χ4n) is 2.86. The molecule has 0 radical (unpaired) electrons. The van der Waals surface area contributed by atoms with Crippen LogP contribution in [0.1, 0.15) is 24.3 Å². The molecule has 1 amide bonds. The van der Waals surface area contributed by atoms with E-state index in [2.05, 4.69) is 22.8 Å². The van der Waals surface area contributed by atoms with Gasteiger partial charge >= 0.3 is 0 Å². The number of carbonyl (C=O) groups is 1. The number of rotatable bonds is 5. The van der Waals surface area contributed by atoms with Gasteiger partial charge in [-0.05, 0) is 37.6 Å². The topological polar surface area (TPSA) is 50.4 Å². The van der Waals surface area contributed by atoms with Gasteiger partial charge in [-0.3, -0.25) is 4.79 Å². The Morgan fingerprint density at radius 2 is 2.14 bits per heavy atom. The van der Waals surface area contributed by atoms with Gasteiger partial charge in [0.15, 0.2) is 0 Å². The fraction of sp³-hybridized carbons (Fsp3) is 0.562. The molecule has 2 aliphatic rings. The molecule has 0 saturated carbocycles. The molecule has 2 aliphatic heterocycles. The number of hydrogen-bond acceptors (Lipinski definition) is 4. The Morgan fingerprint density at radius 3 is 3.00 bits per heavy atom. The lowest BCUT2D eigenvalue weighted by molar-refractivity contribution is -0.122. The second-order valence-electron chi connectivity index (χ2n) is 5.51. The standard InChI is InChI=1S/C16H22N2O2S/c19-16(14-11-21-15-4-2-1-3-13(14)15)18-9-10-20-12-5-7-17-8-6-12/h1-4,12,14,17H,5-11H2,(H,18,19). The van der Waals surface area contributed by atoms with Crippen molar-refractivity contribution in [3.63, 3.8) is 0 Å². The Hall–Kier alpha value is -1.04. The number of thioether (sulfide) groups is 1. The van der Waals surface area contributed by atoms with Gasteiger partial charge in [-0.2, -0.15) is 0 Å². The maximum atomic E-state index is 12.3. The zero-order chi connectivity index (χ0) is 14.5. The fourth-order valence-corrected chi connectivity index (χ4v) is 4.09. The highest BCUT2D eigenvalue weighted by Gasteiger charge is 2.28. The molecule has 114 valence electrons. The van der Waals surface area contributed by atoms with Crippen molar-refractivity contribution in [1.82, 2.24) is 10.6 Å². The average Bonchev–Trinajstić information content (AvgIpc) is 2.96. The molecule has 2 N–H and O–H groups in total. The lowest BCUT2D eigenvalue weighted by Gasteiger charge is -2.23. The molecule has 5 heteroatoms. The minimum atomic E-state index is -0.00918. The van der Waals surface area contributed by atoms with Crippen molar-refractivity contribution in [2.45, 2.75) is 29.8 Å². The summed E-state index contributed by atoms with van der Waals surface area (Å²) in [5, 5.41) is 6.33.